The van der Waals surface area contributed by atoms with Crippen LogP contribution in [0.2, 0.25) is 0 Å². The standard InChI is InChI=1S/2C12H17NS2.2C12H25NS2.2C11H15NS2.3Cu/c2*1-2-3-7-10-13(12(14)15)11-8-5-4-6-9-11;2*1-3-5-7-9-11-13(12(14)15)10-8-6-4-2;2*1-2-3-9-12(11(13)14)10-7-5-4-6-8-10;;;/h2*4-6,8-9H,2-3,7,10H2,1H3,(H,14,15);2*3-11H2,1-2H3,(H,14,15);2*4-8H,2-3,9H2,1H3,(H,13,14);;;/q;;;;;;3*+2/p-6. The monoisotopic (exact) mass is 1610 g/mol. The van der Waals surface area contributed by atoms with Gasteiger partial charge in [0.05, 0.1) is 0 Å². The van der Waals surface area contributed by atoms with Crippen molar-refractivity contribution in [3.63, 3.8) is 0 Å². The van der Waals surface area contributed by atoms with Crippen molar-refractivity contribution in [1.82, 2.24) is 9.80 Å². The van der Waals surface area contributed by atoms with Gasteiger partial charge in [-0.2, -0.15) is 0 Å². The van der Waals surface area contributed by atoms with Gasteiger partial charge in [0.2, 0.25) is 0 Å². The first-order valence-electron chi connectivity index (χ1n) is 32.5. The molecular weight excluding hydrogens is 1500 g/mol. The Morgan fingerprint density at radius 2 is 0.396 bits per heavy atom. The van der Waals surface area contributed by atoms with Crippen molar-refractivity contribution in [2.24, 2.45) is 0 Å². The van der Waals surface area contributed by atoms with Crippen LogP contribution in [-0.4, -0.2) is 88.1 Å². The molecule has 0 spiro atoms. The van der Waals surface area contributed by atoms with E-state index in [1.807, 2.05) is 141 Å². The van der Waals surface area contributed by atoms with Crippen LogP contribution in [0.3, 0.4) is 0 Å². The Balaban J connectivity index is -0.000000323. The van der Waals surface area contributed by atoms with Gasteiger partial charge in [-0.25, -0.2) is 0 Å². The van der Waals surface area contributed by atoms with E-state index in [4.69, 9.17) is 149 Å². The molecule has 4 aromatic carbocycles. The van der Waals surface area contributed by atoms with Crippen molar-refractivity contribution >= 4 is 198 Å². The van der Waals surface area contributed by atoms with E-state index in [2.05, 4.69) is 65.2 Å². The summed E-state index contributed by atoms with van der Waals surface area (Å²) >= 11 is 60.9. The molecule has 0 atom stereocenters. The molecule has 21 heteroatoms. The number of nitrogens with zero attached hydrogens (tertiary/aromatic N) is 6. The largest absolute Gasteiger partial charge is 2.00 e. The number of para-hydroxylation sites is 4. The van der Waals surface area contributed by atoms with Gasteiger partial charge in [-0.15, -0.1) is 0 Å². The summed E-state index contributed by atoms with van der Waals surface area (Å²) in [6.45, 7) is 25.6. The summed E-state index contributed by atoms with van der Waals surface area (Å²) in [6, 6.07) is 40.4. The molecule has 6 nitrogen and oxygen atoms in total. The number of rotatable bonds is 36. The van der Waals surface area contributed by atoms with E-state index in [-0.39, 0.29) is 51.2 Å². The third-order valence-electron chi connectivity index (χ3n) is 13.7. The number of hydrogen-bond donors (Lipinski definition) is 0. The Morgan fingerprint density at radius 3 is 0.571 bits per heavy atom. The molecule has 0 aromatic heterocycles. The first-order chi connectivity index (χ1) is 42.5. The van der Waals surface area contributed by atoms with Crippen LogP contribution < -0.4 is 19.6 Å². The van der Waals surface area contributed by atoms with E-state index >= 15 is 0 Å². The van der Waals surface area contributed by atoms with Crippen LogP contribution >= 0.6 is 73.3 Å². The number of thiocarbonyl (C=S) groups is 6. The summed E-state index contributed by atoms with van der Waals surface area (Å²) < 4.78 is 3.45. The molecule has 0 aliphatic rings. The number of hydrogen-bond acceptors (Lipinski definition) is 12. The zero-order chi connectivity index (χ0) is 66.0. The zero-order valence-electron chi connectivity index (χ0n) is 55.7. The minimum absolute atomic E-state index is 0. The quantitative estimate of drug-likeness (QED) is 0.0186. The molecule has 0 saturated carbocycles. The van der Waals surface area contributed by atoms with Crippen LogP contribution in [0, 0.1) is 0 Å². The van der Waals surface area contributed by atoms with E-state index < -0.39 is 0 Å². The van der Waals surface area contributed by atoms with Gasteiger partial charge in [0.1, 0.15) is 0 Å². The van der Waals surface area contributed by atoms with Gasteiger partial charge in [0, 0.05) is 75.1 Å². The Labute approximate surface area is 654 Å². The van der Waals surface area contributed by atoms with Crippen LogP contribution in [0.25, 0.3) is 0 Å². The van der Waals surface area contributed by atoms with Crippen LogP contribution in [0.4, 0.5) is 22.7 Å². The van der Waals surface area contributed by atoms with Crippen molar-refractivity contribution in [3.05, 3.63) is 121 Å². The molecule has 3 radical (unpaired) electrons. The zero-order valence-corrected chi connectivity index (χ0v) is 68.3. The van der Waals surface area contributed by atoms with E-state index in [0.717, 1.165) is 114 Å². The Kier molecular flexibility index (Phi) is 76.4. The number of benzene rings is 4. The minimum Gasteiger partial charge on any atom is -0.411 e. The van der Waals surface area contributed by atoms with Crippen molar-refractivity contribution < 1.29 is 51.2 Å². The summed E-state index contributed by atoms with van der Waals surface area (Å²) in [6.07, 6.45) is 29.5. The topological polar surface area (TPSA) is 19.4 Å². The number of unbranched alkanes of at least 4 members (excludes halogenated alkanes) is 16. The maximum Gasteiger partial charge on any atom is 2.00 e. The second-order valence-corrected chi connectivity index (χ2v) is 27.4. The SMILES string of the molecule is CCCCCCN(CCCCC)C(=S)[S-].CCCCCCN(CCCCC)C(=S)[S-].CCCCCN(C(=S)[S-])c1ccccc1.CCCCCN(C(=S)[S-])c1ccccc1.CCCCN(C(=S)[S-])c1ccccc1.CCCCN(C(=S)[S-])c1ccccc1.[Cu+2].[Cu+2].[Cu+2]. The maximum absolute atomic E-state index is 5.09. The average molecular weight is 1610 g/mol. The molecular formula is C70H108Cu3N6S12. The van der Waals surface area contributed by atoms with Gasteiger partial charge in [0.25, 0.3) is 0 Å². The fourth-order valence-corrected chi connectivity index (χ4v) is 10.9. The van der Waals surface area contributed by atoms with E-state index in [9.17, 15) is 0 Å². The second kappa shape index (κ2) is 70.4. The fourth-order valence-electron chi connectivity index (χ4n) is 8.56. The Morgan fingerprint density at radius 1 is 0.231 bits per heavy atom. The molecule has 0 aliphatic heterocycles. The molecule has 0 aliphatic carbocycles. The molecule has 0 saturated heterocycles. The van der Waals surface area contributed by atoms with Crippen molar-refractivity contribution in [3.8, 4) is 0 Å². The van der Waals surface area contributed by atoms with Gasteiger partial charge in [-0.1, -0.05) is 257 Å². The molecule has 91 heavy (non-hydrogen) atoms. The molecule has 0 bridgehead atoms. The first-order valence-corrected chi connectivity index (χ1v) is 37.4. The maximum atomic E-state index is 5.09. The summed E-state index contributed by atoms with van der Waals surface area (Å²) in [7, 11) is 0. The van der Waals surface area contributed by atoms with E-state index in [0.29, 0.717) is 25.9 Å². The third-order valence-corrected chi connectivity index (χ3v) is 16.5. The number of anilines is 4. The normalized spacial score (nSPS) is 9.67. The Hall–Kier alpha value is -0.902. The predicted octanol–water partition coefficient (Wildman–Crippen LogP) is 21.1. The fraction of sp³-hybridized carbons (Fsp3) is 0.571. The van der Waals surface area contributed by atoms with Crippen LogP contribution in [0.15, 0.2) is 121 Å². The van der Waals surface area contributed by atoms with Gasteiger partial charge in [-0.3, -0.25) is 0 Å². The van der Waals surface area contributed by atoms with Crippen LogP contribution in [0.5, 0.6) is 0 Å². The molecule has 4 rings (SSSR count). The Bertz CT molecular complexity index is 2160. The first kappa shape index (κ1) is 98.8. The molecule has 0 heterocycles. The third kappa shape index (κ3) is 54.8. The van der Waals surface area contributed by atoms with Crippen molar-refractivity contribution in [2.75, 3.05) is 72.0 Å². The molecule has 523 valence electrons. The average Bonchev–Trinajstić information content (AvgIpc) is 3.71. The summed E-state index contributed by atoms with van der Waals surface area (Å²) in [5.41, 5.74) is 4.41. The van der Waals surface area contributed by atoms with Crippen molar-refractivity contribution in [2.45, 2.75) is 209 Å². The van der Waals surface area contributed by atoms with Crippen LogP contribution in [0.1, 0.15) is 209 Å². The second-order valence-electron chi connectivity index (χ2n) is 21.2. The smallest absolute Gasteiger partial charge is 0.411 e. The van der Waals surface area contributed by atoms with Crippen molar-refractivity contribution in [1.29, 1.82) is 0 Å². The summed E-state index contributed by atoms with van der Waals surface area (Å²) in [5.74, 6) is 0. The van der Waals surface area contributed by atoms with Gasteiger partial charge in [-0.05, 0) is 99.9 Å². The molecule has 4 aromatic rings. The van der Waals surface area contributed by atoms with E-state index in [1.54, 1.807) is 0 Å². The van der Waals surface area contributed by atoms with Gasteiger partial charge < -0.3 is 178 Å². The van der Waals surface area contributed by atoms with Crippen LogP contribution in [-0.2, 0) is 127 Å². The molecule has 0 amide bonds. The molecule has 0 unspecified atom stereocenters. The summed E-state index contributed by atoms with van der Waals surface area (Å²) in [5, 5.41) is 0. The predicted molar refractivity (Wildman–Crippen MR) is 434 cm³/mol. The summed E-state index contributed by atoms with van der Waals surface area (Å²) in [4.78, 5) is 12.5. The molecule has 0 fully saturated rings. The van der Waals surface area contributed by atoms with Gasteiger partial charge >= 0.3 is 51.2 Å². The molecule has 0 N–H and O–H groups in total. The van der Waals surface area contributed by atoms with Gasteiger partial charge in [0.15, 0.2) is 0 Å². The van der Waals surface area contributed by atoms with E-state index in [1.165, 1.54) is 116 Å². The minimum atomic E-state index is 0.